The summed E-state index contributed by atoms with van der Waals surface area (Å²) in [6.07, 6.45) is 0.824. The van der Waals surface area contributed by atoms with E-state index in [4.69, 9.17) is 16.7 Å². The van der Waals surface area contributed by atoms with E-state index in [-0.39, 0.29) is 17.1 Å². The molecule has 0 aliphatic heterocycles. The SMILES string of the molecule is CCCC(Nc1cc(F)c(Cl)cc1[N+](=O)[O-])C(=O)O. The topological polar surface area (TPSA) is 92.5 Å². The first-order valence-corrected chi connectivity index (χ1v) is 5.87. The second-order valence-electron chi connectivity index (χ2n) is 3.86. The maximum atomic E-state index is 13.3. The van der Waals surface area contributed by atoms with Crippen LogP contribution in [0.1, 0.15) is 19.8 Å². The molecule has 1 unspecified atom stereocenters. The second-order valence-corrected chi connectivity index (χ2v) is 4.27. The monoisotopic (exact) mass is 290 g/mol. The van der Waals surface area contributed by atoms with Crippen LogP contribution in [0, 0.1) is 15.9 Å². The van der Waals surface area contributed by atoms with Gasteiger partial charge in [0, 0.05) is 12.1 Å². The highest BCUT2D eigenvalue weighted by atomic mass is 35.5. The van der Waals surface area contributed by atoms with E-state index < -0.39 is 28.4 Å². The van der Waals surface area contributed by atoms with Crippen molar-refractivity contribution in [2.24, 2.45) is 0 Å². The normalized spacial score (nSPS) is 11.9. The van der Waals surface area contributed by atoms with E-state index in [9.17, 15) is 19.3 Å². The summed E-state index contributed by atoms with van der Waals surface area (Å²) >= 11 is 5.47. The molecule has 0 saturated heterocycles. The van der Waals surface area contributed by atoms with Crippen LogP contribution >= 0.6 is 11.6 Å². The minimum absolute atomic E-state index is 0.201. The van der Waals surface area contributed by atoms with Gasteiger partial charge in [-0.15, -0.1) is 0 Å². The molecule has 19 heavy (non-hydrogen) atoms. The molecular formula is C11H12ClFN2O4. The number of anilines is 1. The van der Waals surface area contributed by atoms with Crippen molar-refractivity contribution < 1.29 is 19.2 Å². The van der Waals surface area contributed by atoms with Gasteiger partial charge >= 0.3 is 5.97 Å². The first-order chi connectivity index (χ1) is 8.86. The molecule has 8 heteroatoms. The molecule has 0 aliphatic carbocycles. The van der Waals surface area contributed by atoms with Crippen LogP contribution < -0.4 is 5.32 Å². The summed E-state index contributed by atoms with van der Waals surface area (Å²) in [5.41, 5.74) is -0.665. The summed E-state index contributed by atoms with van der Waals surface area (Å²) < 4.78 is 13.3. The van der Waals surface area contributed by atoms with E-state index in [1.54, 1.807) is 6.92 Å². The minimum Gasteiger partial charge on any atom is -0.480 e. The van der Waals surface area contributed by atoms with Crippen molar-refractivity contribution >= 4 is 28.9 Å². The third-order valence-corrected chi connectivity index (χ3v) is 2.73. The highest BCUT2D eigenvalue weighted by molar-refractivity contribution is 6.31. The van der Waals surface area contributed by atoms with Crippen molar-refractivity contribution in [3.63, 3.8) is 0 Å². The Balaban J connectivity index is 3.14. The predicted molar refractivity (Wildman–Crippen MR) is 68.0 cm³/mol. The Morgan fingerprint density at radius 3 is 2.74 bits per heavy atom. The Hall–Kier alpha value is -1.89. The number of hydrogen-bond donors (Lipinski definition) is 2. The lowest BCUT2D eigenvalue weighted by Crippen LogP contribution is -2.29. The van der Waals surface area contributed by atoms with Gasteiger partial charge in [-0.3, -0.25) is 10.1 Å². The van der Waals surface area contributed by atoms with E-state index >= 15 is 0 Å². The molecule has 1 rings (SSSR count). The first kappa shape index (κ1) is 15.2. The third kappa shape index (κ3) is 3.78. The van der Waals surface area contributed by atoms with E-state index in [2.05, 4.69) is 5.32 Å². The van der Waals surface area contributed by atoms with E-state index in [1.165, 1.54) is 0 Å². The van der Waals surface area contributed by atoms with Gasteiger partial charge in [0.05, 0.1) is 9.95 Å². The minimum atomic E-state index is -1.16. The largest absolute Gasteiger partial charge is 0.480 e. The van der Waals surface area contributed by atoms with Crippen LogP contribution in [-0.4, -0.2) is 22.0 Å². The number of nitro groups is 1. The molecule has 0 heterocycles. The van der Waals surface area contributed by atoms with E-state index in [0.717, 1.165) is 12.1 Å². The lowest BCUT2D eigenvalue weighted by atomic mass is 10.1. The number of nitrogens with zero attached hydrogens (tertiary/aromatic N) is 1. The van der Waals surface area contributed by atoms with Crippen LogP contribution in [-0.2, 0) is 4.79 Å². The maximum Gasteiger partial charge on any atom is 0.326 e. The van der Waals surface area contributed by atoms with Crippen molar-refractivity contribution in [2.75, 3.05) is 5.32 Å². The van der Waals surface area contributed by atoms with Crippen LogP contribution in [0.3, 0.4) is 0 Å². The average molecular weight is 291 g/mol. The number of nitrogens with one attached hydrogen (secondary N) is 1. The van der Waals surface area contributed by atoms with Crippen LogP contribution in [0.25, 0.3) is 0 Å². The number of carboxylic acid groups (broad SMARTS) is 1. The Morgan fingerprint density at radius 1 is 1.63 bits per heavy atom. The number of halogens is 2. The third-order valence-electron chi connectivity index (χ3n) is 2.44. The molecule has 104 valence electrons. The maximum absolute atomic E-state index is 13.3. The summed E-state index contributed by atoms with van der Waals surface area (Å²) in [6.45, 7) is 1.77. The number of carboxylic acids is 1. The Kier molecular flexibility index (Phi) is 5.05. The number of hydrogen-bond acceptors (Lipinski definition) is 4. The standard InChI is InChI=1S/C11H12ClFN2O4/c1-2-3-8(11(16)17)14-9-5-7(13)6(12)4-10(9)15(18)19/h4-5,8,14H,2-3H2,1H3,(H,16,17). The van der Waals surface area contributed by atoms with E-state index in [0.29, 0.717) is 6.42 Å². The summed E-state index contributed by atoms with van der Waals surface area (Å²) in [6, 6.07) is 0.653. The molecule has 0 radical (unpaired) electrons. The van der Waals surface area contributed by atoms with Gasteiger partial charge in [-0.2, -0.15) is 0 Å². The van der Waals surface area contributed by atoms with Gasteiger partial charge in [0.1, 0.15) is 17.5 Å². The molecule has 6 nitrogen and oxygen atoms in total. The van der Waals surface area contributed by atoms with Crippen molar-refractivity contribution in [3.05, 3.63) is 33.1 Å². The number of nitro benzene ring substituents is 1. The summed E-state index contributed by atoms with van der Waals surface area (Å²) in [4.78, 5) is 21.1. The number of rotatable bonds is 6. The molecule has 0 aliphatic rings. The van der Waals surface area contributed by atoms with Crippen molar-refractivity contribution in [1.29, 1.82) is 0 Å². The predicted octanol–water partition coefficient (Wildman–Crippen LogP) is 3.05. The van der Waals surface area contributed by atoms with Gasteiger partial charge in [-0.1, -0.05) is 24.9 Å². The van der Waals surface area contributed by atoms with Gasteiger partial charge in [-0.25, -0.2) is 9.18 Å². The quantitative estimate of drug-likeness (QED) is 0.620. The lowest BCUT2D eigenvalue weighted by Gasteiger charge is -2.15. The van der Waals surface area contributed by atoms with Gasteiger partial charge in [-0.05, 0) is 6.42 Å². The molecule has 0 aromatic heterocycles. The van der Waals surface area contributed by atoms with Gasteiger partial charge in [0.15, 0.2) is 0 Å². The van der Waals surface area contributed by atoms with Crippen molar-refractivity contribution in [2.45, 2.75) is 25.8 Å². The van der Waals surface area contributed by atoms with Crippen LogP contribution in [0.4, 0.5) is 15.8 Å². The number of aliphatic carboxylic acids is 1. The fraction of sp³-hybridized carbons (Fsp3) is 0.364. The zero-order chi connectivity index (χ0) is 14.6. The molecule has 1 aromatic carbocycles. The molecule has 0 amide bonds. The van der Waals surface area contributed by atoms with Crippen LogP contribution in [0.15, 0.2) is 12.1 Å². The van der Waals surface area contributed by atoms with Gasteiger partial charge < -0.3 is 10.4 Å². The van der Waals surface area contributed by atoms with Gasteiger partial charge in [0.2, 0.25) is 0 Å². The molecule has 0 bridgehead atoms. The number of benzene rings is 1. The average Bonchev–Trinajstić information content (AvgIpc) is 2.32. The second kappa shape index (κ2) is 6.33. The summed E-state index contributed by atoms with van der Waals surface area (Å²) in [5, 5.41) is 21.9. The fourth-order valence-electron chi connectivity index (χ4n) is 1.54. The highest BCUT2D eigenvalue weighted by Gasteiger charge is 2.23. The van der Waals surface area contributed by atoms with Crippen LogP contribution in [0.2, 0.25) is 5.02 Å². The molecule has 1 atom stereocenters. The molecular weight excluding hydrogens is 279 g/mol. The first-order valence-electron chi connectivity index (χ1n) is 5.49. The molecule has 2 N–H and O–H groups in total. The highest BCUT2D eigenvalue weighted by Crippen LogP contribution is 2.31. The summed E-state index contributed by atoms with van der Waals surface area (Å²) in [7, 11) is 0. The van der Waals surface area contributed by atoms with Gasteiger partial charge in [0.25, 0.3) is 5.69 Å². The molecule has 0 saturated carbocycles. The Morgan fingerprint density at radius 2 is 2.26 bits per heavy atom. The molecule has 0 fully saturated rings. The van der Waals surface area contributed by atoms with Crippen LogP contribution in [0.5, 0.6) is 0 Å². The van der Waals surface area contributed by atoms with Crippen molar-refractivity contribution in [1.82, 2.24) is 0 Å². The molecule has 0 spiro atoms. The zero-order valence-electron chi connectivity index (χ0n) is 10.0. The van der Waals surface area contributed by atoms with E-state index in [1.807, 2.05) is 0 Å². The fourth-order valence-corrected chi connectivity index (χ4v) is 1.69. The Labute approximate surface area is 113 Å². The lowest BCUT2D eigenvalue weighted by molar-refractivity contribution is -0.384. The smallest absolute Gasteiger partial charge is 0.326 e. The molecule has 1 aromatic rings. The Bertz CT molecular complexity index is 510. The number of carbonyl (C=O) groups is 1. The zero-order valence-corrected chi connectivity index (χ0v) is 10.8. The summed E-state index contributed by atoms with van der Waals surface area (Å²) in [5.74, 6) is -2.01. The van der Waals surface area contributed by atoms with Crippen molar-refractivity contribution in [3.8, 4) is 0 Å².